The second-order valence-electron chi connectivity index (χ2n) is 5.42. The Hall–Kier alpha value is -2.97. The highest BCUT2D eigenvalue weighted by Gasteiger charge is 2.28. The maximum atomic E-state index is 12.1. The SMILES string of the molecule is CN=C(NCCOc1ccccc1)NCc1ccc(OCC(F)(F)F)nc1. The Bertz CT molecular complexity index is 707. The first-order chi connectivity index (χ1) is 13.0. The summed E-state index contributed by atoms with van der Waals surface area (Å²) in [6.07, 6.45) is -2.94. The second-order valence-corrected chi connectivity index (χ2v) is 5.42. The Balaban J connectivity index is 1.69. The molecule has 0 fully saturated rings. The highest BCUT2D eigenvalue weighted by Crippen LogP contribution is 2.17. The summed E-state index contributed by atoms with van der Waals surface area (Å²) in [4.78, 5) is 7.94. The Kier molecular flexibility index (Phi) is 7.72. The first kappa shape index (κ1) is 20.3. The summed E-state index contributed by atoms with van der Waals surface area (Å²) < 4.78 is 46.4. The van der Waals surface area contributed by atoms with Gasteiger partial charge in [0.25, 0.3) is 0 Å². The van der Waals surface area contributed by atoms with Gasteiger partial charge in [0, 0.05) is 25.9 Å². The van der Waals surface area contributed by atoms with Gasteiger partial charge < -0.3 is 20.1 Å². The van der Waals surface area contributed by atoms with Crippen molar-refractivity contribution < 1.29 is 22.6 Å². The number of aliphatic imine (C=N–C) groups is 1. The van der Waals surface area contributed by atoms with Crippen molar-refractivity contribution in [2.24, 2.45) is 4.99 Å². The Labute approximate surface area is 155 Å². The van der Waals surface area contributed by atoms with Crippen LogP contribution in [0.3, 0.4) is 0 Å². The van der Waals surface area contributed by atoms with E-state index < -0.39 is 12.8 Å². The fraction of sp³-hybridized carbons (Fsp3) is 0.333. The lowest BCUT2D eigenvalue weighted by Gasteiger charge is -2.13. The van der Waals surface area contributed by atoms with Crippen LogP contribution < -0.4 is 20.1 Å². The van der Waals surface area contributed by atoms with Gasteiger partial charge in [-0.2, -0.15) is 13.2 Å². The summed E-state index contributed by atoms with van der Waals surface area (Å²) in [5.74, 6) is 1.29. The molecular weight excluding hydrogens is 361 g/mol. The molecule has 9 heteroatoms. The molecule has 1 aromatic heterocycles. The van der Waals surface area contributed by atoms with Gasteiger partial charge in [0.2, 0.25) is 5.88 Å². The van der Waals surface area contributed by atoms with E-state index in [-0.39, 0.29) is 5.88 Å². The summed E-state index contributed by atoms with van der Waals surface area (Å²) in [5, 5.41) is 6.18. The topological polar surface area (TPSA) is 67.8 Å². The largest absolute Gasteiger partial charge is 0.492 e. The van der Waals surface area contributed by atoms with Crippen molar-refractivity contribution in [1.29, 1.82) is 0 Å². The molecule has 0 saturated heterocycles. The van der Waals surface area contributed by atoms with Crippen molar-refractivity contribution in [2.75, 3.05) is 26.8 Å². The van der Waals surface area contributed by atoms with E-state index in [1.807, 2.05) is 30.3 Å². The van der Waals surface area contributed by atoms with Crippen LogP contribution in [-0.2, 0) is 6.54 Å². The predicted molar refractivity (Wildman–Crippen MR) is 95.9 cm³/mol. The third-order valence-corrected chi connectivity index (χ3v) is 3.27. The highest BCUT2D eigenvalue weighted by molar-refractivity contribution is 5.79. The van der Waals surface area contributed by atoms with Gasteiger partial charge in [-0.3, -0.25) is 4.99 Å². The Morgan fingerprint density at radius 2 is 1.85 bits per heavy atom. The molecule has 0 amide bonds. The van der Waals surface area contributed by atoms with Gasteiger partial charge in [-0.05, 0) is 17.7 Å². The molecular formula is C18H21F3N4O2. The zero-order valence-corrected chi connectivity index (χ0v) is 14.8. The minimum atomic E-state index is -4.38. The van der Waals surface area contributed by atoms with E-state index >= 15 is 0 Å². The molecule has 146 valence electrons. The number of nitrogens with one attached hydrogen (secondary N) is 2. The van der Waals surface area contributed by atoms with E-state index in [0.717, 1.165) is 11.3 Å². The number of para-hydroxylation sites is 1. The summed E-state index contributed by atoms with van der Waals surface area (Å²) in [6.45, 7) is 0.0690. The molecule has 1 heterocycles. The zero-order chi connectivity index (χ0) is 19.5. The standard InChI is InChI=1S/C18H21F3N4O2/c1-22-17(23-9-10-26-15-5-3-2-4-6-15)25-12-14-7-8-16(24-11-14)27-13-18(19,20)21/h2-8,11H,9-10,12-13H2,1H3,(H2,22,23,25). The van der Waals surface area contributed by atoms with Crippen LogP contribution in [0.4, 0.5) is 13.2 Å². The number of hydrogen-bond donors (Lipinski definition) is 2. The molecule has 0 atom stereocenters. The third kappa shape index (κ3) is 8.30. The summed E-state index contributed by atoms with van der Waals surface area (Å²) >= 11 is 0. The molecule has 2 rings (SSSR count). The van der Waals surface area contributed by atoms with E-state index in [1.165, 1.54) is 12.3 Å². The van der Waals surface area contributed by atoms with Crippen molar-refractivity contribution in [3.05, 3.63) is 54.2 Å². The molecule has 2 N–H and O–H groups in total. The fourth-order valence-corrected chi connectivity index (χ4v) is 2.02. The summed E-state index contributed by atoms with van der Waals surface area (Å²) in [7, 11) is 1.64. The maximum Gasteiger partial charge on any atom is 0.422 e. The minimum Gasteiger partial charge on any atom is -0.492 e. The molecule has 0 radical (unpaired) electrons. The number of guanidine groups is 1. The Morgan fingerprint density at radius 1 is 1.07 bits per heavy atom. The van der Waals surface area contributed by atoms with Gasteiger partial charge in [-0.15, -0.1) is 0 Å². The predicted octanol–water partition coefficient (Wildman–Crippen LogP) is 2.77. The van der Waals surface area contributed by atoms with Crippen LogP contribution >= 0.6 is 0 Å². The number of rotatable bonds is 8. The van der Waals surface area contributed by atoms with E-state index in [2.05, 4.69) is 25.3 Å². The van der Waals surface area contributed by atoms with Crippen LogP contribution in [0.15, 0.2) is 53.7 Å². The lowest BCUT2D eigenvalue weighted by Crippen LogP contribution is -2.38. The summed E-state index contributed by atoms with van der Waals surface area (Å²) in [5.41, 5.74) is 0.776. The number of ether oxygens (including phenoxy) is 2. The van der Waals surface area contributed by atoms with Crippen LogP contribution in [0.5, 0.6) is 11.6 Å². The number of nitrogens with zero attached hydrogens (tertiary/aromatic N) is 2. The quantitative estimate of drug-likeness (QED) is 0.418. The smallest absolute Gasteiger partial charge is 0.422 e. The van der Waals surface area contributed by atoms with Crippen LogP contribution in [0.1, 0.15) is 5.56 Å². The molecule has 0 aliphatic rings. The molecule has 0 unspecified atom stereocenters. The molecule has 6 nitrogen and oxygen atoms in total. The first-order valence-electron chi connectivity index (χ1n) is 8.23. The van der Waals surface area contributed by atoms with Gasteiger partial charge in [-0.1, -0.05) is 24.3 Å². The normalized spacial score (nSPS) is 11.8. The van der Waals surface area contributed by atoms with Gasteiger partial charge in [-0.25, -0.2) is 4.98 Å². The molecule has 0 aliphatic carbocycles. The average Bonchev–Trinajstić information content (AvgIpc) is 2.67. The van der Waals surface area contributed by atoms with Crippen LogP contribution in [0.25, 0.3) is 0 Å². The molecule has 0 bridgehead atoms. The van der Waals surface area contributed by atoms with Crippen LogP contribution in [-0.4, -0.2) is 43.9 Å². The van der Waals surface area contributed by atoms with Crippen molar-refractivity contribution >= 4 is 5.96 Å². The Morgan fingerprint density at radius 3 is 2.48 bits per heavy atom. The van der Waals surface area contributed by atoms with Crippen LogP contribution in [0, 0.1) is 0 Å². The first-order valence-corrected chi connectivity index (χ1v) is 8.23. The number of hydrogen-bond acceptors (Lipinski definition) is 4. The van der Waals surface area contributed by atoms with Gasteiger partial charge in [0.05, 0.1) is 6.54 Å². The molecule has 27 heavy (non-hydrogen) atoms. The average molecular weight is 382 g/mol. The lowest BCUT2D eigenvalue weighted by atomic mass is 10.3. The van der Waals surface area contributed by atoms with E-state index in [4.69, 9.17) is 4.74 Å². The number of benzene rings is 1. The van der Waals surface area contributed by atoms with Crippen molar-refractivity contribution in [3.8, 4) is 11.6 Å². The summed E-state index contributed by atoms with van der Waals surface area (Å²) in [6, 6.07) is 12.5. The maximum absolute atomic E-state index is 12.1. The van der Waals surface area contributed by atoms with E-state index in [9.17, 15) is 13.2 Å². The van der Waals surface area contributed by atoms with E-state index in [0.29, 0.717) is 25.7 Å². The molecule has 2 aromatic rings. The lowest BCUT2D eigenvalue weighted by molar-refractivity contribution is -0.154. The minimum absolute atomic E-state index is 0.0726. The molecule has 0 spiro atoms. The molecule has 0 saturated carbocycles. The monoisotopic (exact) mass is 382 g/mol. The van der Waals surface area contributed by atoms with Gasteiger partial charge in [0.1, 0.15) is 12.4 Å². The zero-order valence-electron chi connectivity index (χ0n) is 14.8. The van der Waals surface area contributed by atoms with Crippen molar-refractivity contribution in [3.63, 3.8) is 0 Å². The second kappa shape index (κ2) is 10.2. The van der Waals surface area contributed by atoms with E-state index in [1.54, 1.807) is 13.1 Å². The number of pyridine rings is 1. The van der Waals surface area contributed by atoms with Gasteiger partial charge >= 0.3 is 6.18 Å². The fourth-order valence-electron chi connectivity index (χ4n) is 2.02. The van der Waals surface area contributed by atoms with Crippen LogP contribution in [0.2, 0.25) is 0 Å². The molecule has 1 aromatic carbocycles. The van der Waals surface area contributed by atoms with Crippen molar-refractivity contribution in [2.45, 2.75) is 12.7 Å². The third-order valence-electron chi connectivity index (χ3n) is 3.27. The number of alkyl halides is 3. The molecule has 0 aliphatic heterocycles. The number of aromatic nitrogens is 1. The number of halogens is 3. The highest BCUT2D eigenvalue weighted by atomic mass is 19.4. The van der Waals surface area contributed by atoms with Gasteiger partial charge in [0.15, 0.2) is 12.6 Å². The van der Waals surface area contributed by atoms with Crippen molar-refractivity contribution in [1.82, 2.24) is 15.6 Å².